The maximum atomic E-state index is 5.02. The Morgan fingerprint density at radius 1 is 0.466 bits per heavy atom. The molecule has 0 saturated carbocycles. The van der Waals surface area contributed by atoms with Gasteiger partial charge in [0.1, 0.15) is 0 Å². The molecule has 0 saturated heterocycles. The van der Waals surface area contributed by atoms with E-state index >= 15 is 0 Å². The number of fused-ring (bicyclic) bond motifs is 6. The Balaban J connectivity index is 1.14. The average molecular weight is 942 g/mol. The van der Waals surface area contributed by atoms with E-state index in [0.717, 1.165) is 17.9 Å². The zero-order chi connectivity index (χ0) is 51.4. The first-order valence-electron chi connectivity index (χ1n) is 25.5. The van der Waals surface area contributed by atoms with Crippen LogP contribution in [0.3, 0.4) is 0 Å². The second-order valence-electron chi connectivity index (χ2n) is 18.7. The lowest BCUT2D eigenvalue weighted by molar-refractivity contribution is -0.332. The zero-order valence-electron chi connectivity index (χ0n) is 43.1. The second kappa shape index (κ2) is 28.6. The van der Waals surface area contributed by atoms with Crippen molar-refractivity contribution < 1.29 is 4.58 Å². The molecule has 2 aliphatic heterocycles. The highest BCUT2D eigenvalue weighted by Crippen LogP contribution is 2.51. The summed E-state index contributed by atoms with van der Waals surface area (Å²) >= 11 is 0. The number of anilines is 1. The van der Waals surface area contributed by atoms with Gasteiger partial charge < -0.3 is 4.90 Å². The minimum absolute atomic E-state index is 0.141. The summed E-state index contributed by atoms with van der Waals surface area (Å²) in [5.41, 5.74) is 6.99. The fourth-order valence-electron chi connectivity index (χ4n) is 9.57. The molecule has 2 nitrogen and oxygen atoms in total. The van der Waals surface area contributed by atoms with Crippen LogP contribution in [0.4, 0.5) is 11.4 Å². The number of unbranched alkanes of at least 4 members (excludes halogenated alkanes) is 11. The maximum Gasteiger partial charge on any atom is 0.243 e. The highest BCUT2D eigenvalue weighted by Gasteiger charge is 2.46. The van der Waals surface area contributed by atoms with Crippen molar-refractivity contribution in [2.75, 3.05) is 11.4 Å². The van der Waals surface area contributed by atoms with Gasteiger partial charge >= 0.3 is 0 Å². The van der Waals surface area contributed by atoms with Gasteiger partial charge in [0.25, 0.3) is 0 Å². The summed E-state index contributed by atoms with van der Waals surface area (Å²) < 4.78 is 2.06. The number of hydrogen-bond acceptors (Lipinski definition) is 1. The molecule has 2 aliphatic rings. The maximum absolute atomic E-state index is 5.02. The number of hydrogen-bond donors (Lipinski definition) is 0. The first-order chi connectivity index (χ1) is 35.8. The molecule has 0 atom stereocenters. The molecule has 0 N–H and O–H groups in total. The van der Waals surface area contributed by atoms with Crippen LogP contribution in [0.15, 0.2) is 121 Å². The minimum atomic E-state index is -0.331. The van der Waals surface area contributed by atoms with E-state index in [1.807, 2.05) is 0 Å². The van der Waals surface area contributed by atoms with Crippen LogP contribution in [-0.4, -0.2) is 16.8 Å². The fraction of sp³-hybridized carbons (Fsp3) is 0.282. The summed E-state index contributed by atoms with van der Waals surface area (Å²) in [6.07, 6.45) is 36.3. The summed E-state index contributed by atoms with van der Waals surface area (Å²) in [6.45, 7) is 12.6. The molecule has 0 bridgehead atoms. The quantitative estimate of drug-likeness (QED) is 0.0442. The number of terminal acetylenes is 1. The summed E-state index contributed by atoms with van der Waals surface area (Å²) in [7, 11) is 0. The predicted molar refractivity (Wildman–Crippen MR) is 309 cm³/mol. The van der Waals surface area contributed by atoms with E-state index in [1.54, 1.807) is 0 Å². The molecule has 0 aliphatic carbocycles. The van der Waals surface area contributed by atoms with E-state index < -0.39 is 0 Å². The third kappa shape index (κ3) is 15.0. The van der Waals surface area contributed by atoms with Crippen LogP contribution in [0.5, 0.6) is 0 Å². The summed E-state index contributed by atoms with van der Waals surface area (Å²) in [5.74, 6) is 51.9. The topological polar surface area (TPSA) is 6.25 Å². The van der Waals surface area contributed by atoms with Gasteiger partial charge in [0.2, 0.25) is 17.4 Å². The molecule has 6 rings (SSSR count). The smallest absolute Gasteiger partial charge is 0.243 e. The van der Waals surface area contributed by atoms with E-state index in [1.165, 1.54) is 121 Å². The first-order valence-corrected chi connectivity index (χ1v) is 25.5. The van der Waals surface area contributed by atoms with Crippen LogP contribution in [0.2, 0.25) is 0 Å². The Bertz CT molecular complexity index is 3580. The largest absolute Gasteiger partial charge is 0.344 e. The van der Waals surface area contributed by atoms with Crippen molar-refractivity contribution in [3.8, 4) is 131 Å². The van der Waals surface area contributed by atoms with E-state index in [0.29, 0.717) is 0 Å². The Morgan fingerprint density at radius 3 is 1.47 bits per heavy atom. The Kier molecular flexibility index (Phi) is 20.9. The van der Waals surface area contributed by atoms with Gasteiger partial charge in [-0.2, -0.15) is 0 Å². The van der Waals surface area contributed by atoms with Crippen LogP contribution in [0.1, 0.15) is 123 Å². The Morgan fingerprint density at radius 2 is 0.918 bits per heavy atom. The molecule has 2 heterocycles. The predicted octanol–water partition coefficient (Wildman–Crippen LogP) is 14.0. The molecule has 4 aromatic carbocycles. The fourth-order valence-corrected chi connectivity index (χ4v) is 9.57. The lowest BCUT2D eigenvalue weighted by atomic mass is 9.79. The molecule has 0 aromatic heterocycles. The number of nitrogens with zero attached hydrogens (tertiary/aromatic N) is 2. The van der Waals surface area contributed by atoms with Crippen molar-refractivity contribution in [3.05, 3.63) is 132 Å². The molecular weight excluding hydrogens is 881 g/mol. The molecule has 354 valence electrons. The second-order valence-corrected chi connectivity index (χ2v) is 18.7. The van der Waals surface area contributed by atoms with Crippen molar-refractivity contribution in [2.24, 2.45) is 0 Å². The average Bonchev–Trinajstić information content (AvgIpc) is 3.75. The number of benzene rings is 4. The van der Waals surface area contributed by atoms with Gasteiger partial charge in [-0.25, -0.2) is 0 Å². The van der Waals surface area contributed by atoms with Crippen molar-refractivity contribution >= 4 is 38.6 Å². The molecule has 0 radical (unpaired) electrons. The third-order valence-corrected chi connectivity index (χ3v) is 13.0. The normalized spacial score (nSPS) is 13.4. The number of allylic oxidation sites excluding steroid dienone is 8. The van der Waals surface area contributed by atoms with Crippen LogP contribution in [0.25, 0.3) is 21.5 Å². The summed E-state index contributed by atoms with van der Waals surface area (Å²) in [4.78, 5) is 2.60. The molecule has 0 spiro atoms. The lowest BCUT2D eigenvalue weighted by Crippen LogP contribution is -2.27. The van der Waals surface area contributed by atoms with Gasteiger partial charge in [-0.3, -0.25) is 0 Å². The first kappa shape index (κ1) is 53.3. The van der Waals surface area contributed by atoms with Gasteiger partial charge in [-0.05, 0) is 113 Å². The van der Waals surface area contributed by atoms with Crippen molar-refractivity contribution in [1.82, 2.24) is 0 Å². The highest BCUT2D eigenvalue weighted by molar-refractivity contribution is 6.08. The molecule has 0 amide bonds. The third-order valence-electron chi connectivity index (χ3n) is 13.0. The molecule has 0 fully saturated rings. The number of rotatable bonds is 17. The highest BCUT2D eigenvalue weighted by atomic mass is 15.2. The van der Waals surface area contributed by atoms with Gasteiger partial charge in [0.05, 0.1) is 11.3 Å². The van der Waals surface area contributed by atoms with E-state index in [-0.39, 0.29) is 10.8 Å². The minimum Gasteiger partial charge on any atom is -0.344 e. The van der Waals surface area contributed by atoms with Crippen LogP contribution < -0.4 is 4.90 Å². The van der Waals surface area contributed by atoms with Gasteiger partial charge in [-0.1, -0.05) is 176 Å². The van der Waals surface area contributed by atoms with Crippen molar-refractivity contribution in [3.63, 3.8) is 0 Å². The molecule has 0 unspecified atom stereocenters. The zero-order valence-corrected chi connectivity index (χ0v) is 43.1. The van der Waals surface area contributed by atoms with E-state index in [4.69, 9.17) is 6.42 Å². The SMILES string of the molecule is C#CC#CC#CC#CC#CC#CC#CC#CC#CC#CC#C[N+]1=C(/C=C/C=C/C=C/C=C2\N(CCCCCCCCCCCCCC)c3ccc4ccccc4c3C2(C)C)C(C)(C)c2c1ccc1ccccc21. The molecule has 73 heavy (non-hydrogen) atoms. The van der Waals surface area contributed by atoms with E-state index in [2.05, 4.69) is 284 Å². The Labute approximate surface area is 438 Å². The standard InChI is InChI=1S/C71H61N2/c1-7-9-11-13-15-17-19-21-22-23-24-25-26-27-28-30-32-34-39-47-59-73-65-57-55-61-49-43-45-51-63(61)69(65)71(5,6)67(73)53-41-37-35-36-40-52-66-70(3,4)68-62-50-44-42-48-60(62)54-56-64(68)72(66)58-46-38-33-31-29-20-18-16-14-12-10-8-2/h1,35-37,40-45,48-57H,8,10,12,14,16,18,20,29,31,33,38,46,58H2,2-6H3/q+1. The van der Waals surface area contributed by atoms with E-state index in [9.17, 15) is 0 Å². The lowest BCUT2D eigenvalue weighted by Gasteiger charge is -2.27. The van der Waals surface area contributed by atoms with Crippen LogP contribution >= 0.6 is 0 Å². The van der Waals surface area contributed by atoms with Gasteiger partial charge in [0.15, 0.2) is 0 Å². The monoisotopic (exact) mass is 941 g/mol. The van der Waals surface area contributed by atoms with Crippen molar-refractivity contribution in [1.29, 1.82) is 0 Å². The molecule has 2 heteroatoms. The van der Waals surface area contributed by atoms with Crippen LogP contribution in [0, 0.1) is 131 Å². The van der Waals surface area contributed by atoms with Crippen molar-refractivity contribution in [2.45, 2.75) is 122 Å². The molecule has 4 aromatic rings. The van der Waals surface area contributed by atoms with Gasteiger partial charge in [-0.15, -0.1) is 11.0 Å². The summed E-state index contributed by atoms with van der Waals surface area (Å²) in [6, 6.07) is 29.6. The Hall–Kier alpha value is -9.01. The summed E-state index contributed by atoms with van der Waals surface area (Å²) in [5, 5.41) is 5.04. The molecular formula is C71H61N2+. The van der Waals surface area contributed by atoms with Crippen LogP contribution in [-0.2, 0) is 10.8 Å². The van der Waals surface area contributed by atoms with Gasteiger partial charge in [0, 0.05) is 106 Å².